The van der Waals surface area contributed by atoms with Gasteiger partial charge < -0.3 is 10.6 Å². The number of sulfone groups is 1. The summed E-state index contributed by atoms with van der Waals surface area (Å²) in [5.74, 6) is 0.321. The number of carbonyl (C=O) groups excluding carboxylic acids is 1. The second kappa shape index (κ2) is 7.16. The van der Waals surface area contributed by atoms with Gasteiger partial charge in [-0.3, -0.25) is 9.69 Å². The first-order valence-electron chi connectivity index (χ1n) is 6.25. The van der Waals surface area contributed by atoms with E-state index in [0.29, 0.717) is 37.5 Å². The first kappa shape index (κ1) is 16.3. The molecule has 1 amide bonds. The van der Waals surface area contributed by atoms with Gasteiger partial charge in [-0.25, -0.2) is 8.42 Å². The van der Waals surface area contributed by atoms with Crippen LogP contribution in [-0.4, -0.2) is 73.8 Å². The molecule has 1 heterocycles. The predicted molar refractivity (Wildman–Crippen MR) is 78.8 cm³/mol. The van der Waals surface area contributed by atoms with Crippen molar-refractivity contribution in [2.45, 2.75) is 12.8 Å². The largest absolute Gasteiger partial charge is 0.393 e. The van der Waals surface area contributed by atoms with Crippen LogP contribution in [0.3, 0.4) is 0 Å². The number of hydrogen-bond donors (Lipinski definition) is 1. The first-order valence-corrected chi connectivity index (χ1v) is 8.48. The van der Waals surface area contributed by atoms with E-state index in [4.69, 9.17) is 18.0 Å². The summed E-state index contributed by atoms with van der Waals surface area (Å²) in [5, 5.41) is 0. The van der Waals surface area contributed by atoms with E-state index in [1.54, 1.807) is 11.9 Å². The van der Waals surface area contributed by atoms with E-state index in [0.717, 1.165) is 0 Å². The molecule has 0 radical (unpaired) electrons. The van der Waals surface area contributed by atoms with Crippen molar-refractivity contribution in [3.63, 3.8) is 0 Å². The van der Waals surface area contributed by atoms with Gasteiger partial charge >= 0.3 is 0 Å². The van der Waals surface area contributed by atoms with E-state index < -0.39 is 9.84 Å². The normalized spacial score (nSPS) is 19.6. The van der Waals surface area contributed by atoms with E-state index in [9.17, 15) is 13.2 Å². The average Bonchev–Trinajstić information content (AvgIpc) is 2.47. The third-order valence-corrected chi connectivity index (χ3v) is 5.05. The van der Waals surface area contributed by atoms with Crippen molar-refractivity contribution in [1.29, 1.82) is 0 Å². The highest BCUT2D eigenvalue weighted by molar-refractivity contribution is 7.91. The molecular weight excluding hydrogens is 286 g/mol. The lowest BCUT2D eigenvalue weighted by Gasteiger charge is -2.23. The molecule has 0 unspecified atom stereocenters. The predicted octanol–water partition coefficient (Wildman–Crippen LogP) is -0.758. The minimum absolute atomic E-state index is 0.0319. The molecule has 0 aromatic carbocycles. The molecule has 19 heavy (non-hydrogen) atoms. The van der Waals surface area contributed by atoms with Crippen LogP contribution in [0.15, 0.2) is 0 Å². The molecule has 1 aliphatic heterocycles. The molecule has 8 heteroatoms. The van der Waals surface area contributed by atoms with E-state index in [1.807, 2.05) is 4.90 Å². The van der Waals surface area contributed by atoms with Gasteiger partial charge in [0.1, 0.15) is 0 Å². The van der Waals surface area contributed by atoms with Crippen LogP contribution >= 0.6 is 12.2 Å². The second-order valence-electron chi connectivity index (χ2n) is 4.81. The number of thiocarbonyl (C=S) groups is 1. The number of rotatable bonds is 5. The van der Waals surface area contributed by atoms with Crippen molar-refractivity contribution in [2.75, 3.05) is 44.7 Å². The summed E-state index contributed by atoms with van der Waals surface area (Å²) < 4.78 is 22.9. The van der Waals surface area contributed by atoms with Crippen molar-refractivity contribution >= 4 is 33.0 Å². The van der Waals surface area contributed by atoms with Crippen LogP contribution in [0.5, 0.6) is 0 Å². The summed E-state index contributed by atoms with van der Waals surface area (Å²) >= 11 is 4.77. The van der Waals surface area contributed by atoms with Gasteiger partial charge in [-0.1, -0.05) is 12.2 Å². The molecule has 0 aromatic rings. The molecule has 2 N–H and O–H groups in total. The van der Waals surface area contributed by atoms with E-state index >= 15 is 0 Å². The Bertz CT molecular complexity index is 436. The van der Waals surface area contributed by atoms with Crippen LogP contribution in [0.1, 0.15) is 12.8 Å². The van der Waals surface area contributed by atoms with Gasteiger partial charge in [0, 0.05) is 26.6 Å². The Morgan fingerprint density at radius 1 is 1.37 bits per heavy atom. The van der Waals surface area contributed by atoms with Crippen LogP contribution in [-0.2, 0) is 14.6 Å². The molecule has 0 spiro atoms. The number of hydrogen-bond acceptors (Lipinski definition) is 5. The van der Waals surface area contributed by atoms with Crippen molar-refractivity contribution in [1.82, 2.24) is 9.80 Å². The molecular formula is C11H21N3O3S2. The Balaban J connectivity index is 2.41. The fraction of sp³-hybridized carbons (Fsp3) is 0.818. The van der Waals surface area contributed by atoms with Crippen molar-refractivity contribution in [3.8, 4) is 0 Å². The maximum atomic E-state index is 11.9. The summed E-state index contributed by atoms with van der Waals surface area (Å²) in [6, 6.07) is 0. The Labute approximate surface area is 119 Å². The van der Waals surface area contributed by atoms with Gasteiger partial charge in [0.2, 0.25) is 5.91 Å². The summed E-state index contributed by atoms with van der Waals surface area (Å²) in [6.07, 6.45) is 1.10. The Morgan fingerprint density at radius 2 is 2.05 bits per heavy atom. The molecule has 110 valence electrons. The van der Waals surface area contributed by atoms with Crippen molar-refractivity contribution < 1.29 is 13.2 Å². The van der Waals surface area contributed by atoms with E-state index in [1.165, 1.54) is 0 Å². The zero-order valence-electron chi connectivity index (χ0n) is 11.2. The number of carbonyl (C=O) groups is 1. The molecule has 0 aliphatic carbocycles. The Morgan fingerprint density at radius 3 is 2.68 bits per heavy atom. The van der Waals surface area contributed by atoms with Crippen LogP contribution in [0.2, 0.25) is 0 Å². The van der Waals surface area contributed by atoms with Crippen LogP contribution < -0.4 is 5.73 Å². The molecule has 1 rings (SSSR count). The SMILES string of the molecule is CN(CCC(N)=S)C(=O)CN1CCCS(=O)(=O)CC1. The molecule has 0 atom stereocenters. The highest BCUT2D eigenvalue weighted by Gasteiger charge is 2.21. The maximum absolute atomic E-state index is 11.9. The first-order chi connectivity index (χ1) is 8.80. The van der Waals surface area contributed by atoms with Crippen molar-refractivity contribution in [3.05, 3.63) is 0 Å². The summed E-state index contributed by atoms with van der Waals surface area (Å²) in [6.45, 7) is 1.83. The second-order valence-corrected chi connectivity index (χ2v) is 7.64. The smallest absolute Gasteiger partial charge is 0.236 e. The lowest BCUT2D eigenvalue weighted by Crippen LogP contribution is -2.40. The molecule has 0 saturated carbocycles. The number of nitrogens with two attached hydrogens (primary N) is 1. The minimum Gasteiger partial charge on any atom is -0.393 e. The number of nitrogens with zero attached hydrogens (tertiary/aromatic N) is 2. The molecule has 1 aliphatic rings. The van der Waals surface area contributed by atoms with Crippen molar-refractivity contribution in [2.24, 2.45) is 5.73 Å². The highest BCUT2D eigenvalue weighted by atomic mass is 32.2. The zero-order valence-corrected chi connectivity index (χ0v) is 12.8. The van der Waals surface area contributed by atoms with Gasteiger partial charge in [-0.15, -0.1) is 0 Å². The Hall–Kier alpha value is -0.730. The molecule has 0 bridgehead atoms. The van der Waals surface area contributed by atoms with Gasteiger partial charge in [-0.2, -0.15) is 0 Å². The van der Waals surface area contributed by atoms with Gasteiger partial charge in [0.05, 0.1) is 23.0 Å². The lowest BCUT2D eigenvalue weighted by atomic mass is 10.3. The van der Waals surface area contributed by atoms with Crippen LogP contribution in [0, 0.1) is 0 Å². The summed E-state index contributed by atoms with van der Waals surface area (Å²) in [5.41, 5.74) is 5.39. The standard InChI is InChI=1S/C11H21N3O3S2/c1-13(5-3-10(12)18)11(15)9-14-4-2-7-19(16,17)8-6-14/h2-9H2,1H3,(H2,12,18). The van der Waals surface area contributed by atoms with E-state index in [2.05, 4.69) is 0 Å². The number of likely N-dealkylation sites (N-methyl/N-ethyl adjacent to an activating group) is 1. The quantitative estimate of drug-likeness (QED) is 0.672. The lowest BCUT2D eigenvalue weighted by molar-refractivity contribution is -0.130. The van der Waals surface area contributed by atoms with E-state index in [-0.39, 0.29) is 24.0 Å². The fourth-order valence-corrected chi connectivity index (χ4v) is 3.26. The zero-order chi connectivity index (χ0) is 14.5. The van der Waals surface area contributed by atoms with Crippen LogP contribution in [0.25, 0.3) is 0 Å². The maximum Gasteiger partial charge on any atom is 0.236 e. The van der Waals surface area contributed by atoms with Gasteiger partial charge in [-0.05, 0) is 13.0 Å². The fourth-order valence-electron chi connectivity index (χ4n) is 1.86. The molecule has 6 nitrogen and oxygen atoms in total. The van der Waals surface area contributed by atoms with Crippen LogP contribution in [0.4, 0.5) is 0 Å². The minimum atomic E-state index is -2.93. The van der Waals surface area contributed by atoms with Gasteiger partial charge in [0.25, 0.3) is 0 Å². The molecule has 1 fully saturated rings. The number of amides is 1. The molecule has 1 saturated heterocycles. The average molecular weight is 307 g/mol. The molecule has 0 aromatic heterocycles. The monoisotopic (exact) mass is 307 g/mol. The third kappa shape index (κ3) is 6.31. The highest BCUT2D eigenvalue weighted by Crippen LogP contribution is 2.05. The summed E-state index contributed by atoms with van der Waals surface area (Å²) in [7, 11) is -1.23. The summed E-state index contributed by atoms with van der Waals surface area (Å²) in [4.78, 5) is 15.8. The Kier molecular flexibility index (Phi) is 6.15. The third-order valence-electron chi connectivity index (χ3n) is 3.13. The topological polar surface area (TPSA) is 83.7 Å². The van der Waals surface area contributed by atoms with Gasteiger partial charge in [0.15, 0.2) is 9.84 Å².